The molecule has 2 aromatic carbocycles. The van der Waals surface area contributed by atoms with Crippen LogP contribution in [0.3, 0.4) is 0 Å². The Morgan fingerprint density at radius 2 is 1.44 bits per heavy atom. The molecule has 6 nitrogen and oxygen atoms in total. The van der Waals surface area contributed by atoms with E-state index < -0.39 is 12.2 Å². The third-order valence-electron chi connectivity index (χ3n) is 3.74. The topological polar surface area (TPSA) is 77.4 Å². The van der Waals surface area contributed by atoms with Gasteiger partial charge in [-0.25, -0.2) is 0 Å². The molecule has 0 aliphatic heterocycles. The highest BCUT2D eigenvalue weighted by Crippen LogP contribution is 2.35. The summed E-state index contributed by atoms with van der Waals surface area (Å²) in [6.07, 6.45) is -1.38. The van der Waals surface area contributed by atoms with E-state index in [0.29, 0.717) is 11.5 Å². The van der Waals surface area contributed by atoms with Gasteiger partial charge in [-0.2, -0.15) is 0 Å². The van der Waals surface area contributed by atoms with Gasteiger partial charge in [0.2, 0.25) is 0 Å². The van der Waals surface area contributed by atoms with Gasteiger partial charge in [-0.1, -0.05) is 24.3 Å². The summed E-state index contributed by atoms with van der Waals surface area (Å²) in [5.74, 6) is 1.37. The second kappa shape index (κ2) is 9.58. The molecule has 0 spiro atoms. The van der Waals surface area contributed by atoms with Gasteiger partial charge in [-0.05, 0) is 18.6 Å². The molecule has 0 aliphatic carbocycles. The van der Waals surface area contributed by atoms with Gasteiger partial charge in [-0.3, -0.25) is 0 Å². The van der Waals surface area contributed by atoms with Gasteiger partial charge in [0.05, 0.1) is 13.2 Å². The van der Waals surface area contributed by atoms with Crippen LogP contribution in [0.5, 0.6) is 11.5 Å². The van der Waals surface area contributed by atoms with E-state index >= 15 is 0 Å². The van der Waals surface area contributed by atoms with Crippen LogP contribution in [0.15, 0.2) is 30.3 Å². The summed E-state index contributed by atoms with van der Waals surface area (Å²) in [6.45, 7) is 2.67. The SMILES string of the molecule is COCC(O)COc1cccc2c(OCC(O)COC)c(C)ccc12. The van der Waals surface area contributed by atoms with Crippen molar-refractivity contribution < 1.29 is 29.2 Å². The number of hydrogen-bond acceptors (Lipinski definition) is 6. The second-order valence-corrected chi connectivity index (χ2v) is 5.90. The first-order valence-electron chi connectivity index (χ1n) is 8.18. The van der Waals surface area contributed by atoms with E-state index in [0.717, 1.165) is 16.3 Å². The minimum atomic E-state index is -0.691. The fourth-order valence-corrected chi connectivity index (χ4v) is 2.57. The summed E-state index contributed by atoms with van der Waals surface area (Å²) in [5, 5.41) is 21.3. The minimum absolute atomic E-state index is 0.142. The zero-order valence-corrected chi connectivity index (χ0v) is 14.9. The molecule has 0 saturated heterocycles. The van der Waals surface area contributed by atoms with Gasteiger partial charge >= 0.3 is 0 Å². The third-order valence-corrected chi connectivity index (χ3v) is 3.74. The summed E-state index contributed by atoms with van der Waals surface area (Å²) < 4.78 is 21.4. The van der Waals surface area contributed by atoms with Gasteiger partial charge in [0.25, 0.3) is 0 Å². The molecule has 2 rings (SSSR count). The Bertz CT molecular complexity index is 672. The van der Waals surface area contributed by atoms with E-state index in [1.54, 1.807) is 0 Å². The number of methoxy groups -OCH3 is 2. The van der Waals surface area contributed by atoms with Gasteiger partial charge in [-0.15, -0.1) is 0 Å². The average molecular weight is 350 g/mol. The molecule has 25 heavy (non-hydrogen) atoms. The molecular formula is C19H26O6. The molecule has 0 radical (unpaired) electrons. The maximum Gasteiger partial charge on any atom is 0.130 e. The quantitative estimate of drug-likeness (QED) is 0.682. The molecule has 0 aromatic heterocycles. The lowest BCUT2D eigenvalue weighted by molar-refractivity contribution is 0.0325. The highest BCUT2D eigenvalue weighted by molar-refractivity contribution is 5.94. The van der Waals surface area contributed by atoms with Crippen LogP contribution in [-0.4, -0.2) is 63.1 Å². The van der Waals surface area contributed by atoms with Crippen molar-refractivity contribution in [3.8, 4) is 11.5 Å². The van der Waals surface area contributed by atoms with Gasteiger partial charge in [0.1, 0.15) is 36.9 Å². The Hall–Kier alpha value is -1.86. The lowest BCUT2D eigenvalue weighted by atomic mass is 10.1. The second-order valence-electron chi connectivity index (χ2n) is 5.90. The predicted octanol–water partition coefficient (Wildman–Crippen LogP) is 1.92. The number of aryl methyl sites for hydroxylation is 1. The zero-order chi connectivity index (χ0) is 18.2. The fourth-order valence-electron chi connectivity index (χ4n) is 2.57. The summed E-state index contributed by atoms with van der Waals surface area (Å²) in [5.41, 5.74) is 0.966. The highest BCUT2D eigenvalue weighted by Gasteiger charge is 2.13. The first-order valence-corrected chi connectivity index (χ1v) is 8.18. The zero-order valence-electron chi connectivity index (χ0n) is 14.9. The van der Waals surface area contributed by atoms with E-state index in [-0.39, 0.29) is 26.4 Å². The molecule has 0 heterocycles. The number of aliphatic hydroxyl groups excluding tert-OH is 2. The molecule has 6 heteroatoms. The van der Waals surface area contributed by atoms with E-state index in [4.69, 9.17) is 18.9 Å². The number of ether oxygens (including phenoxy) is 4. The standard InChI is InChI=1S/C19H26O6/c1-13-7-8-16-17(19(13)25-12-15(21)10-23-3)5-4-6-18(16)24-11-14(20)9-22-2/h4-8,14-15,20-21H,9-12H2,1-3H3. The van der Waals surface area contributed by atoms with Crippen molar-refractivity contribution in [1.82, 2.24) is 0 Å². The number of fused-ring (bicyclic) bond motifs is 1. The Kier molecular flexibility index (Phi) is 7.46. The van der Waals surface area contributed by atoms with Crippen molar-refractivity contribution in [3.63, 3.8) is 0 Å². The van der Waals surface area contributed by atoms with Gasteiger partial charge < -0.3 is 29.2 Å². The lowest BCUT2D eigenvalue weighted by Crippen LogP contribution is -2.23. The fraction of sp³-hybridized carbons (Fsp3) is 0.474. The van der Waals surface area contributed by atoms with E-state index in [9.17, 15) is 10.2 Å². The van der Waals surface area contributed by atoms with Crippen molar-refractivity contribution in [3.05, 3.63) is 35.9 Å². The number of benzene rings is 2. The molecule has 2 N–H and O–H groups in total. The predicted molar refractivity (Wildman–Crippen MR) is 95.4 cm³/mol. The van der Waals surface area contributed by atoms with Crippen LogP contribution in [-0.2, 0) is 9.47 Å². The van der Waals surface area contributed by atoms with Crippen LogP contribution in [0.4, 0.5) is 0 Å². The Morgan fingerprint density at radius 1 is 0.800 bits per heavy atom. The number of hydrogen-bond donors (Lipinski definition) is 2. The van der Waals surface area contributed by atoms with Crippen molar-refractivity contribution in [2.45, 2.75) is 19.1 Å². The summed E-state index contributed by atoms with van der Waals surface area (Å²) in [6, 6.07) is 9.57. The maximum absolute atomic E-state index is 9.81. The molecular weight excluding hydrogens is 324 g/mol. The normalized spacial score (nSPS) is 13.6. The van der Waals surface area contributed by atoms with Crippen LogP contribution < -0.4 is 9.47 Å². The van der Waals surface area contributed by atoms with Gasteiger partial charge in [0.15, 0.2) is 0 Å². The molecule has 0 fully saturated rings. The first-order chi connectivity index (χ1) is 12.1. The molecule has 2 atom stereocenters. The van der Waals surface area contributed by atoms with Crippen molar-refractivity contribution in [2.24, 2.45) is 0 Å². The van der Waals surface area contributed by atoms with Crippen molar-refractivity contribution >= 4 is 10.8 Å². The number of rotatable bonds is 10. The summed E-state index contributed by atoms with van der Waals surface area (Å²) in [4.78, 5) is 0. The lowest BCUT2D eigenvalue weighted by Gasteiger charge is -2.17. The molecule has 0 bridgehead atoms. The molecule has 2 aromatic rings. The largest absolute Gasteiger partial charge is 0.490 e. The molecule has 0 saturated carbocycles. The number of aliphatic hydroxyl groups is 2. The van der Waals surface area contributed by atoms with E-state index in [1.165, 1.54) is 14.2 Å². The highest BCUT2D eigenvalue weighted by atomic mass is 16.5. The van der Waals surface area contributed by atoms with Crippen LogP contribution in [0, 0.1) is 6.92 Å². The van der Waals surface area contributed by atoms with Crippen LogP contribution in [0.25, 0.3) is 10.8 Å². The van der Waals surface area contributed by atoms with Crippen LogP contribution in [0.2, 0.25) is 0 Å². The molecule has 0 amide bonds. The van der Waals surface area contributed by atoms with Gasteiger partial charge in [0, 0.05) is 25.0 Å². The Morgan fingerprint density at radius 3 is 2.08 bits per heavy atom. The summed E-state index contributed by atoms with van der Waals surface area (Å²) >= 11 is 0. The maximum atomic E-state index is 9.81. The minimum Gasteiger partial charge on any atom is -0.490 e. The van der Waals surface area contributed by atoms with Crippen molar-refractivity contribution in [1.29, 1.82) is 0 Å². The molecule has 138 valence electrons. The van der Waals surface area contributed by atoms with Crippen molar-refractivity contribution in [2.75, 3.05) is 40.6 Å². The Labute approximate surface area is 147 Å². The third kappa shape index (κ3) is 5.31. The van der Waals surface area contributed by atoms with Crippen LogP contribution in [0.1, 0.15) is 5.56 Å². The summed E-state index contributed by atoms with van der Waals surface area (Å²) in [7, 11) is 3.07. The van der Waals surface area contributed by atoms with E-state index in [2.05, 4.69) is 0 Å². The smallest absolute Gasteiger partial charge is 0.130 e. The molecule has 2 unspecified atom stereocenters. The monoisotopic (exact) mass is 350 g/mol. The first kappa shape index (κ1) is 19.5. The molecule has 0 aliphatic rings. The Balaban J connectivity index is 2.22. The van der Waals surface area contributed by atoms with Crippen LogP contribution >= 0.6 is 0 Å². The van der Waals surface area contributed by atoms with E-state index in [1.807, 2.05) is 37.3 Å². The average Bonchev–Trinajstić information content (AvgIpc) is 2.59.